The molecule has 0 atom stereocenters. The van der Waals surface area contributed by atoms with Crippen LogP contribution in [-0.4, -0.2) is 27.0 Å². The van der Waals surface area contributed by atoms with Gasteiger partial charge in [-0.3, -0.25) is 9.78 Å². The Bertz CT molecular complexity index is 514. The first-order valence-electron chi connectivity index (χ1n) is 5.58. The quantitative estimate of drug-likeness (QED) is 0.862. The van der Waals surface area contributed by atoms with Gasteiger partial charge in [-0.15, -0.1) is 5.10 Å². The summed E-state index contributed by atoms with van der Waals surface area (Å²) in [6.45, 7) is 2.95. The van der Waals surface area contributed by atoms with Crippen LogP contribution in [0.3, 0.4) is 0 Å². The van der Waals surface area contributed by atoms with E-state index in [0.29, 0.717) is 10.7 Å². The summed E-state index contributed by atoms with van der Waals surface area (Å²) in [5.74, 6) is -0.263. The van der Waals surface area contributed by atoms with Crippen molar-refractivity contribution in [1.29, 1.82) is 0 Å². The van der Waals surface area contributed by atoms with Crippen LogP contribution in [0.25, 0.3) is 0 Å². The Labute approximate surface area is 109 Å². The van der Waals surface area contributed by atoms with Crippen molar-refractivity contribution < 1.29 is 4.79 Å². The lowest BCUT2D eigenvalue weighted by atomic mass is 10.3. The third-order valence-corrected chi connectivity index (χ3v) is 2.75. The van der Waals surface area contributed by atoms with Crippen molar-refractivity contribution in [1.82, 2.24) is 14.6 Å². The van der Waals surface area contributed by atoms with Gasteiger partial charge in [-0.05, 0) is 18.6 Å². The molecule has 2 aromatic heterocycles. The molecule has 1 amide bonds. The summed E-state index contributed by atoms with van der Waals surface area (Å²) in [6.07, 6.45) is 4.13. The minimum Gasteiger partial charge on any atom is -0.385 e. The maximum atomic E-state index is 11.9. The van der Waals surface area contributed by atoms with Crippen LogP contribution in [0, 0.1) is 0 Å². The second kappa shape index (κ2) is 6.06. The molecule has 0 saturated heterocycles. The molecule has 94 valence electrons. The largest absolute Gasteiger partial charge is 0.385 e. The van der Waals surface area contributed by atoms with E-state index in [-0.39, 0.29) is 5.91 Å². The zero-order valence-corrected chi connectivity index (χ0v) is 10.7. The Hall–Kier alpha value is -2.02. The molecule has 2 rings (SSSR count). The molecule has 7 heteroatoms. The molecule has 18 heavy (non-hydrogen) atoms. The Morgan fingerprint density at radius 2 is 2.39 bits per heavy atom. The molecule has 6 nitrogen and oxygen atoms in total. The molecule has 0 bridgehead atoms. The van der Waals surface area contributed by atoms with Gasteiger partial charge in [0.2, 0.25) is 0 Å². The van der Waals surface area contributed by atoms with Crippen molar-refractivity contribution in [2.45, 2.75) is 13.3 Å². The van der Waals surface area contributed by atoms with Crippen molar-refractivity contribution in [3.8, 4) is 0 Å². The SMILES string of the molecule is CCCNc1ccnc(C(=O)Nc2cnns2)c1. The van der Waals surface area contributed by atoms with Gasteiger partial charge in [0.05, 0.1) is 6.20 Å². The Morgan fingerprint density at radius 1 is 1.50 bits per heavy atom. The van der Waals surface area contributed by atoms with E-state index < -0.39 is 0 Å². The predicted octanol–water partition coefficient (Wildman–Crippen LogP) is 2.01. The summed E-state index contributed by atoms with van der Waals surface area (Å²) in [7, 11) is 0. The van der Waals surface area contributed by atoms with Gasteiger partial charge in [0, 0.05) is 30.0 Å². The van der Waals surface area contributed by atoms with Gasteiger partial charge in [-0.2, -0.15) is 0 Å². The van der Waals surface area contributed by atoms with E-state index in [1.54, 1.807) is 12.3 Å². The third-order valence-electron chi connectivity index (χ3n) is 2.17. The van der Waals surface area contributed by atoms with Crippen LogP contribution in [0.5, 0.6) is 0 Å². The molecule has 0 aliphatic carbocycles. The smallest absolute Gasteiger partial charge is 0.275 e. The highest BCUT2D eigenvalue weighted by Gasteiger charge is 2.09. The van der Waals surface area contributed by atoms with Crippen LogP contribution in [0.2, 0.25) is 0 Å². The normalized spacial score (nSPS) is 10.1. The topological polar surface area (TPSA) is 79.8 Å². The van der Waals surface area contributed by atoms with E-state index in [9.17, 15) is 4.79 Å². The molecule has 0 aromatic carbocycles. The van der Waals surface area contributed by atoms with E-state index in [1.807, 2.05) is 6.07 Å². The maximum Gasteiger partial charge on any atom is 0.275 e. The lowest BCUT2D eigenvalue weighted by Crippen LogP contribution is -2.13. The lowest BCUT2D eigenvalue weighted by molar-refractivity contribution is 0.102. The van der Waals surface area contributed by atoms with Gasteiger partial charge in [0.1, 0.15) is 10.7 Å². The highest BCUT2D eigenvalue weighted by atomic mass is 32.1. The molecular formula is C11H13N5OS. The van der Waals surface area contributed by atoms with Crippen molar-refractivity contribution in [3.05, 3.63) is 30.2 Å². The second-order valence-corrected chi connectivity index (χ2v) is 4.38. The summed E-state index contributed by atoms with van der Waals surface area (Å²) in [5, 5.41) is 10.1. The molecular weight excluding hydrogens is 250 g/mol. The minimum atomic E-state index is -0.263. The van der Waals surface area contributed by atoms with E-state index in [1.165, 1.54) is 6.20 Å². The zero-order chi connectivity index (χ0) is 12.8. The van der Waals surface area contributed by atoms with Crippen LogP contribution < -0.4 is 10.6 Å². The van der Waals surface area contributed by atoms with Gasteiger partial charge < -0.3 is 10.6 Å². The van der Waals surface area contributed by atoms with Crippen LogP contribution >= 0.6 is 11.5 Å². The monoisotopic (exact) mass is 263 g/mol. The molecule has 0 unspecified atom stereocenters. The first-order chi connectivity index (χ1) is 8.79. The molecule has 0 fully saturated rings. The fourth-order valence-corrected chi connectivity index (χ4v) is 1.75. The number of nitrogens with zero attached hydrogens (tertiary/aromatic N) is 3. The highest BCUT2D eigenvalue weighted by molar-refractivity contribution is 7.10. The Kier molecular flexibility index (Phi) is 4.19. The number of carbonyl (C=O) groups excluding carboxylic acids is 1. The average molecular weight is 263 g/mol. The van der Waals surface area contributed by atoms with E-state index in [2.05, 4.69) is 32.1 Å². The molecule has 2 N–H and O–H groups in total. The summed E-state index contributed by atoms with van der Waals surface area (Å²) in [4.78, 5) is 15.9. The number of anilines is 2. The standard InChI is InChI=1S/C11H13N5OS/c1-2-4-12-8-3-5-13-9(6-8)11(17)15-10-7-14-16-18-10/h3,5-7H,2,4H2,1H3,(H,12,13)(H,15,17). The zero-order valence-electron chi connectivity index (χ0n) is 9.88. The van der Waals surface area contributed by atoms with Crippen molar-refractivity contribution in [3.63, 3.8) is 0 Å². The lowest BCUT2D eigenvalue weighted by Gasteiger charge is -2.06. The number of nitrogens with one attached hydrogen (secondary N) is 2. The Balaban J connectivity index is 2.05. The number of hydrogen-bond donors (Lipinski definition) is 2. The number of carbonyl (C=O) groups is 1. The number of hydrogen-bond acceptors (Lipinski definition) is 6. The fourth-order valence-electron chi connectivity index (χ4n) is 1.33. The van der Waals surface area contributed by atoms with Gasteiger partial charge in [0.25, 0.3) is 5.91 Å². The summed E-state index contributed by atoms with van der Waals surface area (Å²) >= 11 is 1.13. The molecule has 0 aliphatic heterocycles. The molecule has 2 aromatic rings. The van der Waals surface area contributed by atoms with Crippen LogP contribution in [-0.2, 0) is 0 Å². The number of aromatic nitrogens is 3. The van der Waals surface area contributed by atoms with Crippen LogP contribution in [0.4, 0.5) is 10.7 Å². The molecule has 2 heterocycles. The molecule has 0 saturated carbocycles. The first kappa shape index (κ1) is 12.4. The van der Waals surface area contributed by atoms with Gasteiger partial charge >= 0.3 is 0 Å². The number of rotatable bonds is 5. The molecule has 0 aliphatic rings. The van der Waals surface area contributed by atoms with Crippen LogP contribution in [0.1, 0.15) is 23.8 Å². The highest BCUT2D eigenvalue weighted by Crippen LogP contribution is 2.13. The summed E-state index contributed by atoms with van der Waals surface area (Å²) < 4.78 is 3.67. The van der Waals surface area contributed by atoms with Crippen molar-refractivity contribution in [2.75, 3.05) is 17.2 Å². The molecule has 0 radical (unpaired) electrons. The Morgan fingerprint density at radius 3 is 3.11 bits per heavy atom. The predicted molar refractivity (Wildman–Crippen MR) is 70.9 cm³/mol. The minimum absolute atomic E-state index is 0.263. The summed E-state index contributed by atoms with van der Waals surface area (Å²) in [5.41, 5.74) is 1.25. The number of amides is 1. The fraction of sp³-hybridized carbons (Fsp3) is 0.273. The van der Waals surface area contributed by atoms with Crippen LogP contribution in [0.15, 0.2) is 24.5 Å². The van der Waals surface area contributed by atoms with Gasteiger partial charge in [0.15, 0.2) is 0 Å². The van der Waals surface area contributed by atoms with E-state index in [0.717, 1.165) is 30.2 Å². The molecule has 0 spiro atoms. The average Bonchev–Trinajstić information content (AvgIpc) is 2.89. The van der Waals surface area contributed by atoms with E-state index >= 15 is 0 Å². The maximum absolute atomic E-state index is 11.9. The first-order valence-corrected chi connectivity index (χ1v) is 6.35. The van der Waals surface area contributed by atoms with Crippen molar-refractivity contribution >= 4 is 28.1 Å². The van der Waals surface area contributed by atoms with Gasteiger partial charge in [-0.25, -0.2) is 0 Å². The second-order valence-electron chi connectivity index (χ2n) is 3.59. The third kappa shape index (κ3) is 3.24. The van der Waals surface area contributed by atoms with Crippen molar-refractivity contribution in [2.24, 2.45) is 0 Å². The van der Waals surface area contributed by atoms with E-state index in [4.69, 9.17) is 0 Å². The number of pyridine rings is 1. The van der Waals surface area contributed by atoms with Gasteiger partial charge in [-0.1, -0.05) is 11.4 Å². The summed E-state index contributed by atoms with van der Waals surface area (Å²) in [6, 6.07) is 3.56.